The third-order valence-corrected chi connectivity index (χ3v) is 3.44. The summed E-state index contributed by atoms with van der Waals surface area (Å²) in [4.78, 5) is 17.8. The van der Waals surface area contributed by atoms with Crippen LogP contribution in [0.15, 0.2) is 47.2 Å². The number of hydrogen-bond donors (Lipinski definition) is 0. The molecule has 0 bridgehead atoms. The molecule has 1 amide bonds. The number of nitrogens with zero attached hydrogens (tertiary/aromatic N) is 2. The van der Waals surface area contributed by atoms with Gasteiger partial charge in [-0.3, -0.25) is 9.78 Å². The Labute approximate surface area is 119 Å². The first-order chi connectivity index (χ1) is 8.59. The standard InChI is InChI=1S/C13H10BrClN2O/c1-17(10-4-6-16-7-5-10)13(18)11-8-9(15)2-3-12(11)14/h2-8H,1H3. The minimum atomic E-state index is -0.129. The summed E-state index contributed by atoms with van der Waals surface area (Å²) in [5, 5.41) is 0.532. The topological polar surface area (TPSA) is 33.2 Å². The van der Waals surface area contributed by atoms with Gasteiger partial charge in [0.2, 0.25) is 0 Å². The lowest BCUT2D eigenvalue weighted by molar-refractivity contribution is 0.0992. The first kappa shape index (κ1) is 13.1. The van der Waals surface area contributed by atoms with E-state index in [0.29, 0.717) is 10.6 Å². The fraction of sp³-hybridized carbons (Fsp3) is 0.0769. The first-order valence-corrected chi connectivity index (χ1v) is 6.40. The second kappa shape index (κ2) is 5.50. The first-order valence-electron chi connectivity index (χ1n) is 5.22. The summed E-state index contributed by atoms with van der Waals surface area (Å²) in [5.41, 5.74) is 1.31. The number of carbonyl (C=O) groups is 1. The molecule has 2 rings (SSSR count). The maximum Gasteiger partial charge on any atom is 0.259 e. The highest BCUT2D eigenvalue weighted by molar-refractivity contribution is 9.10. The van der Waals surface area contributed by atoms with Crippen molar-refractivity contribution >= 4 is 39.1 Å². The summed E-state index contributed by atoms with van der Waals surface area (Å²) in [6.07, 6.45) is 3.29. The lowest BCUT2D eigenvalue weighted by Crippen LogP contribution is -2.26. The molecule has 0 N–H and O–H groups in total. The van der Waals surface area contributed by atoms with Crippen molar-refractivity contribution in [3.8, 4) is 0 Å². The maximum atomic E-state index is 12.3. The van der Waals surface area contributed by atoms with Crippen molar-refractivity contribution in [2.24, 2.45) is 0 Å². The van der Waals surface area contributed by atoms with Gasteiger partial charge in [-0.05, 0) is 46.3 Å². The highest BCUT2D eigenvalue weighted by atomic mass is 79.9. The van der Waals surface area contributed by atoms with E-state index in [1.807, 2.05) is 0 Å². The molecule has 0 atom stereocenters. The van der Waals surface area contributed by atoms with Gasteiger partial charge in [0.05, 0.1) is 5.56 Å². The molecule has 0 aliphatic carbocycles. The summed E-state index contributed by atoms with van der Waals surface area (Å²) in [6, 6.07) is 8.68. The summed E-state index contributed by atoms with van der Waals surface area (Å²) in [7, 11) is 1.71. The summed E-state index contributed by atoms with van der Waals surface area (Å²) in [5.74, 6) is -0.129. The Morgan fingerprint density at radius 1 is 1.28 bits per heavy atom. The van der Waals surface area contributed by atoms with Crippen LogP contribution >= 0.6 is 27.5 Å². The molecule has 1 aromatic heterocycles. The van der Waals surface area contributed by atoms with E-state index in [1.54, 1.807) is 54.7 Å². The molecule has 0 radical (unpaired) electrons. The number of anilines is 1. The van der Waals surface area contributed by atoms with Crippen LogP contribution in [0.4, 0.5) is 5.69 Å². The third kappa shape index (κ3) is 2.71. The minimum Gasteiger partial charge on any atom is -0.311 e. The molecule has 92 valence electrons. The molecule has 0 fully saturated rings. The van der Waals surface area contributed by atoms with Gasteiger partial charge in [-0.25, -0.2) is 0 Å². The van der Waals surface area contributed by atoms with E-state index < -0.39 is 0 Å². The Hall–Kier alpha value is -1.39. The van der Waals surface area contributed by atoms with Crippen LogP contribution in [0.2, 0.25) is 5.02 Å². The quantitative estimate of drug-likeness (QED) is 0.842. The number of hydrogen-bond acceptors (Lipinski definition) is 2. The molecular formula is C13H10BrClN2O. The number of amides is 1. The Balaban J connectivity index is 2.34. The second-order valence-electron chi connectivity index (χ2n) is 3.69. The van der Waals surface area contributed by atoms with Gasteiger partial charge < -0.3 is 4.90 Å². The minimum absolute atomic E-state index is 0.129. The molecule has 1 heterocycles. The van der Waals surface area contributed by atoms with E-state index in [2.05, 4.69) is 20.9 Å². The van der Waals surface area contributed by atoms with Gasteiger partial charge in [0.1, 0.15) is 0 Å². The van der Waals surface area contributed by atoms with E-state index in [0.717, 1.165) is 10.2 Å². The second-order valence-corrected chi connectivity index (χ2v) is 4.98. The Bertz CT molecular complexity index is 574. The van der Waals surface area contributed by atoms with Gasteiger partial charge in [0, 0.05) is 34.6 Å². The normalized spacial score (nSPS) is 10.2. The van der Waals surface area contributed by atoms with E-state index in [9.17, 15) is 4.79 Å². The predicted molar refractivity (Wildman–Crippen MR) is 76.1 cm³/mol. The molecule has 2 aromatic rings. The largest absolute Gasteiger partial charge is 0.311 e. The molecule has 18 heavy (non-hydrogen) atoms. The van der Waals surface area contributed by atoms with E-state index in [-0.39, 0.29) is 5.91 Å². The summed E-state index contributed by atoms with van der Waals surface area (Å²) in [6.45, 7) is 0. The number of rotatable bonds is 2. The van der Waals surface area contributed by atoms with Crippen LogP contribution in [0.25, 0.3) is 0 Å². The average Bonchev–Trinajstić information content (AvgIpc) is 2.41. The van der Waals surface area contributed by atoms with Crippen molar-refractivity contribution in [1.29, 1.82) is 0 Å². The SMILES string of the molecule is CN(C(=O)c1cc(Cl)ccc1Br)c1ccncc1. The molecular weight excluding hydrogens is 316 g/mol. The maximum absolute atomic E-state index is 12.3. The monoisotopic (exact) mass is 324 g/mol. The Morgan fingerprint density at radius 3 is 2.61 bits per heavy atom. The molecule has 0 unspecified atom stereocenters. The van der Waals surface area contributed by atoms with Crippen molar-refractivity contribution < 1.29 is 4.79 Å². The Kier molecular flexibility index (Phi) is 3.99. The number of benzene rings is 1. The van der Waals surface area contributed by atoms with Crippen LogP contribution in [0.1, 0.15) is 10.4 Å². The van der Waals surface area contributed by atoms with E-state index >= 15 is 0 Å². The van der Waals surface area contributed by atoms with Crippen LogP contribution in [-0.2, 0) is 0 Å². The molecule has 0 spiro atoms. The number of halogens is 2. The van der Waals surface area contributed by atoms with Crippen molar-refractivity contribution in [2.75, 3.05) is 11.9 Å². The molecule has 5 heteroatoms. The van der Waals surface area contributed by atoms with Crippen molar-refractivity contribution in [2.45, 2.75) is 0 Å². The lowest BCUT2D eigenvalue weighted by Gasteiger charge is -2.17. The van der Waals surface area contributed by atoms with Gasteiger partial charge in [-0.15, -0.1) is 0 Å². The van der Waals surface area contributed by atoms with Crippen molar-refractivity contribution in [3.05, 3.63) is 57.8 Å². The average molecular weight is 326 g/mol. The molecule has 1 aromatic carbocycles. The van der Waals surface area contributed by atoms with Crippen LogP contribution in [0.5, 0.6) is 0 Å². The Morgan fingerprint density at radius 2 is 1.94 bits per heavy atom. The van der Waals surface area contributed by atoms with Crippen LogP contribution in [-0.4, -0.2) is 17.9 Å². The highest BCUT2D eigenvalue weighted by Crippen LogP contribution is 2.24. The number of pyridine rings is 1. The molecule has 3 nitrogen and oxygen atoms in total. The van der Waals surface area contributed by atoms with E-state index in [4.69, 9.17) is 11.6 Å². The van der Waals surface area contributed by atoms with Crippen LogP contribution < -0.4 is 4.90 Å². The molecule has 0 aliphatic rings. The molecule has 0 saturated heterocycles. The predicted octanol–water partition coefficient (Wildman–Crippen LogP) is 3.77. The zero-order valence-corrected chi connectivity index (χ0v) is 11.9. The van der Waals surface area contributed by atoms with Crippen molar-refractivity contribution in [3.63, 3.8) is 0 Å². The van der Waals surface area contributed by atoms with Gasteiger partial charge in [-0.2, -0.15) is 0 Å². The molecule has 0 aliphatic heterocycles. The summed E-state index contributed by atoms with van der Waals surface area (Å²) < 4.78 is 0.720. The van der Waals surface area contributed by atoms with Crippen molar-refractivity contribution in [1.82, 2.24) is 4.98 Å². The number of aromatic nitrogens is 1. The van der Waals surface area contributed by atoms with Crippen LogP contribution in [0.3, 0.4) is 0 Å². The fourth-order valence-corrected chi connectivity index (χ4v) is 2.12. The zero-order chi connectivity index (χ0) is 13.1. The summed E-state index contributed by atoms with van der Waals surface area (Å²) >= 11 is 9.26. The van der Waals surface area contributed by atoms with Gasteiger partial charge >= 0.3 is 0 Å². The zero-order valence-electron chi connectivity index (χ0n) is 9.60. The van der Waals surface area contributed by atoms with Gasteiger partial charge in [-0.1, -0.05) is 11.6 Å². The molecule has 0 saturated carbocycles. The third-order valence-electron chi connectivity index (χ3n) is 2.51. The van der Waals surface area contributed by atoms with E-state index in [1.165, 1.54) is 0 Å². The lowest BCUT2D eigenvalue weighted by atomic mass is 10.2. The van der Waals surface area contributed by atoms with Gasteiger partial charge in [0.25, 0.3) is 5.91 Å². The number of carbonyl (C=O) groups excluding carboxylic acids is 1. The highest BCUT2D eigenvalue weighted by Gasteiger charge is 2.16. The van der Waals surface area contributed by atoms with Gasteiger partial charge in [0.15, 0.2) is 0 Å². The smallest absolute Gasteiger partial charge is 0.259 e. The van der Waals surface area contributed by atoms with Crippen LogP contribution in [0, 0.1) is 0 Å². The fourth-order valence-electron chi connectivity index (χ4n) is 1.53.